The van der Waals surface area contributed by atoms with E-state index < -0.39 is 0 Å². The second-order valence-electron chi connectivity index (χ2n) is 10.4. The van der Waals surface area contributed by atoms with Crippen LogP contribution in [0.25, 0.3) is 0 Å². The zero-order valence-electron chi connectivity index (χ0n) is 17.4. The molecule has 1 aliphatic heterocycles. The van der Waals surface area contributed by atoms with Gasteiger partial charge in [0.1, 0.15) is 0 Å². The minimum Gasteiger partial charge on any atom is -0.312 e. The van der Waals surface area contributed by atoms with E-state index in [9.17, 15) is 0 Å². The van der Waals surface area contributed by atoms with Crippen LogP contribution < -0.4 is 5.32 Å². The van der Waals surface area contributed by atoms with E-state index in [0.29, 0.717) is 11.3 Å². The largest absolute Gasteiger partial charge is 0.312 e. The van der Waals surface area contributed by atoms with Crippen LogP contribution in [0, 0.1) is 23.2 Å². The highest BCUT2D eigenvalue weighted by atomic mass is 35.5. The summed E-state index contributed by atoms with van der Waals surface area (Å²) in [6.45, 7) is 9.94. The summed E-state index contributed by atoms with van der Waals surface area (Å²) in [6.07, 6.45) is 17.9. The first kappa shape index (κ1) is 20.0. The van der Waals surface area contributed by atoms with Gasteiger partial charge in [0.15, 0.2) is 0 Å². The van der Waals surface area contributed by atoms with Crippen molar-refractivity contribution in [1.29, 1.82) is 0 Å². The Morgan fingerprint density at radius 1 is 1.19 bits per heavy atom. The highest BCUT2D eigenvalue weighted by molar-refractivity contribution is 6.22. The first-order valence-corrected chi connectivity index (χ1v) is 11.9. The normalized spacial score (nSPS) is 33.2. The number of alkyl halides is 1. The summed E-state index contributed by atoms with van der Waals surface area (Å²) >= 11 is 6.24. The third kappa shape index (κ3) is 5.19. The molecule has 1 N–H and O–H groups in total. The Morgan fingerprint density at radius 3 is 2.59 bits per heavy atom. The van der Waals surface area contributed by atoms with Crippen molar-refractivity contribution >= 4 is 11.6 Å². The molecular weight excluding hydrogens is 352 g/mol. The van der Waals surface area contributed by atoms with E-state index in [0.717, 1.165) is 24.3 Å². The second-order valence-corrected chi connectivity index (χ2v) is 10.9. The number of hydrogen-bond donors (Lipinski definition) is 1. The lowest BCUT2D eigenvalue weighted by molar-refractivity contribution is 0.0651. The number of allylic oxidation sites excluding steroid dienone is 4. The SMILES string of the molecule is CC1(C)CN(C[C@H](NCC2CCCC2)C2CC2)CCC1C1=CCC(Cl)C=C1. The molecule has 2 unspecified atom stereocenters. The molecule has 0 aromatic rings. The molecule has 27 heavy (non-hydrogen) atoms. The predicted molar refractivity (Wildman–Crippen MR) is 116 cm³/mol. The minimum atomic E-state index is 0.196. The fraction of sp³-hybridized carbons (Fsp3) is 0.833. The van der Waals surface area contributed by atoms with E-state index in [1.54, 1.807) is 0 Å². The van der Waals surface area contributed by atoms with E-state index in [-0.39, 0.29) is 5.38 Å². The van der Waals surface area contributed by atoms with Gasteiger partial charge >= 0.3 is 0 Å². The van der Waals surface area contributed by atoms with Gasteiger partial charge in [0.25, 0.3) is 0 Å². The van der Waals surface area contributed by atoms with E-state index in [1.807, 2.05) is 0 Å². The van der Waals surface area contributed by atoms with Crippen LogP contribution in [0.2, 0.25) is 0 Å². The van der Waals surface area contributed by atoms with Crippen molar-refractivity contribution in [3.8, 4) is 0 Å². The van der Waals surface area contributed by atoms with Crippen molar-refractivity contribution < 1.29 is 0 Å². The van der Waals surface area contributed by atoms with Gasteiger partial charge in [-0.05, 0) is 80.4 Å². The van der Waals surface area contributed by atoms with Gasteiger partial charge in [-0.2, -0.15) is 0 Å². The predicted octanol–water partition coefficient (Wildman–Crippen LogP) is 5.39. The lowest BCUT2D eigenvalue weighted by Gasteiger charge is -2.46. The number of halogens is 1. The van der Waals surface area contributed by atoms with Crippen molar-refractivity contribution in [3.63, 3.8) is 0 Å². The van der Waals surface area contributed by atoms with E-state index in [1.165, 1.54) is 76.7 Å². The van der Waals surface area contributed by atoms with Crippen molar-refractivity contribution in [1.82, 2.24) is 10.2 Å². The van der Waals surface area contributed by atoms with Gasteiger partial charge < -0.3 is 10.2 Å². The van der Waals surface area contributed by atoms with Crippen molar-refractivity contribution in [2.24, 2.45) is 23.2 Å². The smallest absolute Gasteiger partial charge is 0.0553 e. The fourth-order valence-corrected chi connectivity index (χ4v) is 5.96. The molecule has 3 heteroatoms. The summed E-state index contributed by atoms with van der Waals surface area (Å²) in [4.78, 5) is 2.76. The van der Waals surface area contributed by atoms with Crippen LogP contribution in [0.1, 0.15) is 65.2 Å². The van der Waals surface area contributed by atoms with Gasteiger partial charge in [-0.3, -0.25) is 0 Å². The Morgan fingerprint density at radius 2 is 1.96 bits per heavy atom. The van der Waals surface area contributed by atoms with Crippen LogP contribution in [-0.4, -0.2) is 42.5 Å². The summed E-state index contributed by atoms with van der Waals surface area (Å²) < 4.78 is 0. The molecule has 1 saturated heterocycles. The molecule has 2 saturated carbocycles. The molecule has 3 fully saturated rings. The van der Waals surface area contributed by atoms with Gasteiger partial charge in [0.05, 0.1) is 5.38 Å². The van der Waals surface area contributed by atoms with Crippen molar-refractivity contribution in [2.45, 2.75) is 76.6 Å². The first-order chi connectivity index (χ1) is 13.0. The molecule has 0 aromatic carbocycles. The number of likely N-dealkylation sites (tertiary alicyclic amines) is 1. The van der Waals surface area contributed by atoms with Gasteiger partial charge in [-0.1, -0.05) is 44.9 Å². The highest BCUT2D eigenvalue weighted by Crippen LogP contribution is 2.42. The molecule has 4 rings (SSSR count). The van der Waals surface area contributed by atoms with Crippen molar-refractivity contribution in [3.05, 3.63) is 23.8 Å². The molecular formula is C24H39ClN2. The summed E-state index contributed by atoms with van der Waals surface area (Å²) in [7, 11) is 0. The number of piperidine rings is 1. The molecule has 1 heterocycles. The average molecular weight is 391 g/mol. The zero-order chi connectivity index (χ0) is 18.9. The maximum absolute atomic E-state index is 6.24. The molecule has 3 aliphatic carbocycles. The lowest BCUT2D eigenvalue weighted by Crippen LogP contribution is -2.51. The average Bonchev–Trinajstić information content (AvgIpc) is 3.35. The second kappa shape index (κ2) is 8.59. The minimum absolute atomic E-state index is 0.196. The Bertz CT molecular complexity index is 557. The van der Waals surface area contributed by atoms with Crippen LogP contribution in [0.3, 0.4) is 0 Å². The maximum atomic E-state index is 6.24. The van der Waals surface area contributed by atoms with E-state index in [4.69, 9.17) is 11.6 Å². The van der Waals surface area contributed by atoms with Gasteiger partial charge in [0, 0.05) is 19.1 Å². The number of nitrogens with one attached hydrogen (secondary N) is 1. The summed E-state index contributed by atoms with van der Waals surface area (Å²) in [5.74, 6) is 2.57. The topological polar surface area (TPSA) is 15.3 Å². The zero-order valence-corrected chi connectivity index (χ0v) is 18.2. The van der Waals surface area contributed by atoms with Gasteiger partial charge in [-0.15, -0.1) is 11.6 Å². The molecule has 0 radical (unpaired) electrons. The number of nitrogens with zero attached hydrogens (tertiary/aromatic N) is 1. The van der Waals surface area contributed by atoms with Crippen molar-refractivity contribution in [2.75, 3.05) is 26.2 Å². The molecule has 0 bridgehead atoms. The Hall–Kier alpha value is -0.310. The molecule has 4 aliphatic rings. The quantitative estimate of drug-likeness (QED) is 0.586. The standard InChI is InChI=1S/C24H39ClN2/c1-24(2)17-27(14-13-22(24)19-9-11-21(25)12-10-19)16-23(20-7-8-20)26-15-18-5-3-4-6-18/h9-11,18,20-23,26H,3-8,12-17H2,1-2H3/t21?,22?,23-/m0/s1. The highest BCUT2D eigenvalue weighted by Gasteiger charge is 2.40. The molecule has 0 amide bonds. The number of rotatable bonds is 7. The molecule has 0 spiro atoms. The summed E-state index contributed by atoms with van der Waals surface area (Å²) in [6, 6.07) is 0.726. The van der Waals surface area contributed by atoms with Crippen LogP contribution in [0.4, 0.5) is 0 Å². The van der Waals surface area contributed by atoms with E-state index in [2.05, 4.69) is 42.3 Å². The van der Waals surface area contributed by atoms with Gasteiger partial charge in [0.2, 0.25) is 0 Å². The Labute approximate surface area is 171 Å². The Balaban J connectivity index is 1.31. The summed E-state index contributed by atoms with van der Waals surface area (Å²) in [5.41, 5.74) is 1.88. The van der Waals surface area contributed by atoms with E-state index >= 15 is 0 Å². The third-order valence-corrected chi connectivity index (χ3v) is 7.90. The van der Waals surface area contributed by atoms with Crippen LogP contribution in [-0.2, 0) is 0 Å². The number of hydrogen-bond acceptors (Lipinski definition) is 2. The third-order valence-electron chi connectivity index (χ3n) is 7.58. The maximum Gasteiger partial charge on any atom is 0.0553 e. The van der Waals surface area contributed by atoms with Crippen LogP contribution in [0.5, 0.6) is 0 Å². The van der Waals surface area contributed by atoms with Crippen LogP contribution in [0.15, 0.2) is 23.8 Å². The van der Waals surface area contributed by atoms with Crippen LogP contribution >= 0.6 is 11.6 Å². The lowest BCUT2D eigenvalue weighted by atomic mass is 9.69. The molecule has 3 atom stereocenters. The first-order valence-electron chi connectivity index (χ1n) is 11.5. The van der Waals surface area contributed by atoms with Gasteiger partial charge in [-0.25, -0.2) is 0 Å². The fourth-order valence-electron chi connectivity index (χ4n) is 5.80. The monoisotopic (exact) mass is 390 g/mol. The summed E-state index contributed by atoms with van der Waals surface area (Å²) in [5, 5.41) is 4.20. The molecule has 2 nitrogen and oxygen atoms in total. The molecule has 0 aromatic heterocycles. The molecule has 152 valence electrons. The Kier molecular flexibility index (Phi) is 6.36.